The smallest absolute Gasteiger partial charge is 0.261 e. The second-order valence-corrected chi connectivity index (χ2v) is 9.27. The first-order valence-corrected chi connectivity index (χ1v) is 9.93. The highest BCUT2D eigenvalue weighted by Gasteiger charge is 2.21. The molecule has 0 aliphatic heterocycles. The summed E-state index contributed by atoms with van der Waals surface area (Å²) < 4.78 is 53.2. The molecular formula is C12H18ClNO5S2. The summed E-state index contributed by atoms with van der Waals surface area (Å²) in [6, 6.07) is 4.75. The lowest BCUT2D eigenvalue weighted by Gasteiger charge is -2.18. The summed E-state index contributed by atoms with van der Waals surface area (Å²) in [6.45, 7) is 4.21. The van der Waals surface area contributed by atoms with Crippen molar-refractivity contribution in [1.29, 1.82) is 0 Å². The Hall–Kier alpha value is -0.670. The van der Waals surface area contributed by atoms with Crippen LogP contribution in [0.2, 0.25) is 0 Å². The quantitative estimate of drug-likeness (QED) is 0.695. The Morgan fingerprint density at radius 1 is 1.10 bits per heavy atom. The fraction of sp³-hybridized carbons (Fsp3) is 0.500. The van der Waals surface area contributed by atoms with Gasteiger partial charge in [0.25, 0.3) is 9.05 Å². The first-order chi connectivity index (χ1) is 9.55. The molecule has 0 aromatic heterocycles. The molecule has 0 unspecified atom stereocenters. The normalized spacial score (nSPS) is 13.0. The highest BCUT2D eigenvalue weighted by atomic mass is 35.7. The molecule has 21 heavy (non-hydrogen) atoms. The van der Waals surface area contributed by atoms with Gasteiger partial charge in [-0.15, -0.1) is 0 Å². The summed E-state index contributed by atoms with van der Waals surface area (Å²) in [6.07, 6.45) is 0.0225. The van der Waals surface area contributed by atoms with Gasteiger partial charge in [-0.3, -0.25) is 0 Å². The number of sulfonamides is 1. The maximum atomic E-state index is 12.3. The first-order valence-electron chi connectivity index (χ1n) is 6.18. The first kappa shape index (κ1) is 18.4. The molecule has 0 amide bonds. The minimum Gasteiger partial charge on any atom is -0.377 e. The van der Waals surface area contributed by atoms with E-state index in [0.29, 0.717) is 0 Å². The monoisotopic (exact) mass is 355 g/mol. The van der Waals surface area contributed by atoms with Gasteiger partial charge in [0.05, 0.1) is 22.5 Å². The van der Waals surface area contributed by atoms with Crippen molar-refractivity contribution in [3.63, 3.8) is 0 Å². The Balaban J connectivity index is 2.87. The zero-order valence-corrected chi connectivity index (χ0v) is 14.4. The number of ether oxygens (including phenoxy) is 1. The van der Waals surface area contributed by atoms with Gasteiger partial charge in [0.2, 0.25) is 10.0 Å². The number of hydrogen-bond donors (Lipinski definition) is 0. The second-order valence-electron chi connectivity index (χ2n) is 4.66. The van der Waals surface area contributed by atoms with E-state index in [1.807, 2.05) is 13.8 Å². The summed E-state index contributed by atoms with van der Waals surface area (Å²) in [4.78, 5) is -0.146. The molecule has 1 aromatic carbocycles. The molecule has 1 aromatic rings. The summed E-state index contributed by atoms with van der Waals surface area (Å²) in [5.41, 5.74) is 0. The van der Waals surface area contributed by atoms with E-state index in [1.54, 1.807) is 0 Å². The molecule has 0 radical (unpaired) electrons. The van der Waals surface area contributed by atoms with E-state index < -0.39 is 19.1 Å². The van der Waals surface area contributed by atoms with Crippen molar-refractivity contribution in [2.45, 2.75) is 29.7 Å². The highest BCUT2D eigenvalue weighted by Crippen LogP contribution is 2.19. The number of nitrogens with zero attached hydrogens (tertiary/aromatic N) is 1. The Bertz CT molecular complexity index is 668. The fourth-order valence-corrected chi connectivity index (χ4v) is 3.42. The predicted octanol–water partition coefficient (Wildman–Crippen LogP) is 1.66. The summed E-state index contributed by atoms with van der Waals surface area (Å²) in [7, 11) is -0.932. The number of likely N-dealkylation sites (N-methyl/N-ethyl adjacent to an activating group) is 1. The van der Waals surface area contributed by atoms with Crippen molar-refractivity contribution in [1.82, 2.24) is 4.31 Å². The van der Waals surface area contributed by atoms with Crippen molar-refractivity contribution in [3.8, 4) is 0 Å². The van der Waals surface area contributed by atoms with Crippen molar-refractivity contribution >= 4 is 29.8 Å². The SMILES string of the molecule is CC(C)OCCN(C)S(=O)(=O)c1ccc(S(=O)(=O)Cl)cc1. The van der Waals surface area contributed by atoms with Crippen LogP contribution >= 0.6 is 10.7 Å². The van der Waals surface area contributed by atoms with Crippen LogP contribution < -0.4 is 0 Å². The standard InChI is InChI=1S/C12H18ClNO5S2/c1-10(2)19-9-8-14(3)21(17,18)12-6-4-11(5-7-12)20(13,15)16/h4-7,10H,8-9H2,1-3H3. The molecule has 0 saturated heterocycles. The van der Waals surface area contributed by atoms with Gasteiger partial charge < -0.3 is 4.74 Å². The molecule has 9 heteroatoms. The molecular weight excluding hydrogens is 338 g/mol. The molecule has 0 aliphatic carbocycles. The van der Waals surface area contributed by atoms with Crippen LogP contribution in [-0.2, 0) is 23.8 Å². The van der Waals surface area contributed by atoms with E-state index >= 15 is 0 Å². The predicted molar refractivity (Wildman–Crippen MR) is 80.4 cm³/mol. The maximum absolute atomic E-state index is 12.3. The number of rotatable bonds is 7. The lowest BCUT2D eigenvalue weighted by atomic mass is 10.4. The maximum Gasteiger partial charge on any atom is 0.261 e. The number of hydrogen-bond acceptors (Lipinski definition) is 5. The van der Waals surface area contributed by atoms with Gasteiger partial charge in [-0.1, -0.05) is 0 Å². The molecule has 0 heterocycles. The van der Waals surface area contributed by atoms with E-state index in [9.17, 15) is 16.8 Å². The Morgan fingerprint density at radius 3 is 2.00 bits per heavy atom. The molecule has 120 valence electrons. The summed E-state index contributed by atoms with van der Waals surface area (Å²) >= 11 is 0. The third-order valence-corrected chi connectivity index (χ3v) is 5.91. The highest BCUT2D eigenvalue weighted by molar-refractivity contribution is 8.13. The van der Waals surface area contributed by atoms with Gasteiger partial charge in [-0.2, -0.15) is 4.31 Å². The lowest BCUT2D eigenvalue weighted by molar-refractivity contribution is 0.0737. The molecule has 1 rings (SSSR count). The Labute approximate surface area is 130 Å². The molecule has 0 aliphatic rings. The van der Waals surface area contributed by atoms with Gasteiger partial charge in [0.1, 0.15) is 0 Å². The minimum atomic E-state index is -3.87. The van der Waals surface area contributed by atoms with Gasteiger partial charge in [-0.05, 0) is 38.1 Å². The zero-order chi connectivity index (χ0) is 16.3. The topological polar surface area (TPSA) is 80.8 Å². The van der Waals surface area contributed by atoms with Crippen LogP contribution in [0.4, 0.5) is 0 Å². The fourth-order valence-electron chi connectivity index (χ4n) is 1.49. The lowest BCUT2D eigenvalue weighted by Crippen LogP contribution is -2.30. The molecule has 0 N–H and O–H groups in total. The molecule has 0 bridgehead atoms. The van der Waals surface area contributed by atoms with Gasteiger partial charge >= 0.3 is 0 Å². The molecule has 0 atom stereocenters. The van der Waals surface area contributed by atoms with Crippen LogP contribution in [0, 0.1) is 0 Å². The Morgan fingerprint density at radius 2 is 1.57 bits per heavy atom. The molecule has 0 saturated carbocycles. The van der Waals surface area contributed by atoms with Crippen LogP contribution in [0.25, 0.3) is 0 Å². The summed E-state index contributed by atoms with van der Waals surface area (Å²) in [5, 5.41) is 0. The average molecular weight is 356 g/mol. The largest absolute Gasteiger partial charge is 0.377 e. The molecule has 6 nitrogen and oxygen atoms in total. The van der Waals surface area contributed by atoms with Crippen LogP contribution in [0.5, 0.6) is 0 Å². The van der Waals surface area contributed by atoms with Crippen molar-refractivity contribution in [3.05, 3.63) is 24.3 Å². The van der Waals surface area contributed by atoms with E-state index in [2.05, 4.69) is 0 Å². The van der Waals surface area contributed by atoms with Crippen LogP contribution in [0.1, 0.15) is 13.8 Å². The van der Waals surface area contributed by atoms with Gasteiger partial charge in [0.15, 0.2) is 0 Å². The summed E-state index contributed by atoms with van der Waals surface area (Å²) in [5.74, 6) is 0. The van der Waals surface area contributed by atoms with Crippen LogP contribution in [0.15, 0.2) is 34.1 Å². The van der Waals surface area contributed by atoms with Crippen molar-refractivity contribution < 1.29 is 21.6 Å². The molecule has 0 fully saturated rings. The zero-order valence-electron chi connectivity index (χ0n) is 12.0. The Kier molecular flexibility index (Phi) is 6.18. The van der Waals surface area contributed by atoms with Crippen molar-refractivity contribution in [2.24, 2.45) is 0 Å². The van der Waals surface area contributed by atoms with Crippen LogP contribution in [-0.4, -0.2) is 47.4 Å². The second kappa shape index (κ2) is 7.06. The third-order valence-electron chi connectivity index (χ3n) is 2.67. The minimum absolute atomic E-state index is 0.00128. The average Bonchev–Trinajstić information content (AvgIpc) is 2.37. The number of halogens is 1. The van der Waals surface area contributed by atoms with E-state index in [0.717, 1.165) is 16.4 Å². The molecule has 0 spiro atoms. The van der Waals surface area contributed by atoms with Gasteiger partial charge in [0, 0.05) is 24.3 Å². The van der Waals surface area contributed by atoms with E-state index in [-0.39, 0.29) is 29.0 Å². The van der Waals surface area contributed by atoms with Crippen LogP contribution in [0.3, 0.4) is 0 Å². The van der Waals surface area contributed by atoms with Gasteiger partial charge in [-0.25, -0.2) is 16.8 Å². The van der Waals surface area contributed by atoms with E-state index in [1.165, 1.54) is 19.2 Å². The number of benzene rings is 1. The third kappa shape index (κ3) is 5.23. The van der Waals surface area contributed by atoms with E-state index in [4.69, 9.17) is 15.4 Å². The van der Waals surface area contributed by atoms with Crippen molar-refractivity contribution in [2.75, 3.05) is 20.2 Å².